The summed E-state index contributed by atoms with van der Waals surface area (Å²) in [5, 5.41) is 20.0. The fraction of sp³-hybridized carbons (Fsp3) is 0.500. The van der Waals surface area contributed by atoms with Gasteiger partial charge in [0.15, 0.2) is 17.7 Å². The first kappa shape index (κ1) is 16.2. The van der Waals surface area contributed by atoms with Crippen LogP contribution in [0.5, 0.6) is 0 Å². The number of hydrogen-bond donors (Lipinski definition) is 3. The molecule has 0 saturated carbocycles. The molecule has 3 heterocycles. The molecule has 0 bridgehead atoms. The quantitative estimate of drug-likeness (QED) is 0.474. The van der Waals surface area contributed by atoms with Crippen molar-refractivity contribution < 1.29 is 33.8 Å². The summed E-state index contributed by atoms with van der Waals surface area (Å²) in [6.07, 6.45) is -2.75. The largest absolute Gasteiger partial charge is 0.790 e. The summed E-state index contributed by atoms with van der Waals surface area (Å²) in [5.74, 6) is 0.125. The van der Waals surface area contributed by atoms with Gasteiger partial charge in [-0.25, -0.2) is 15.0 Å². The molecule has 13 heteroatoms. The number of phosphoric acid groups is 1. The van der Waals surface area contributed by atoms with Gasteiger partial charge in [0.2, 0.25) is 0 Å². The first-order valence-corrected chi connectivity index (χ1v) is 7.85. The number of hydrogen-bond acceptors (Lipinski definition) is 11. The molecule has 23 heavy (non-hydrogen) atoms. The molecule has 12 nitrogen and oxygen atoms in total. The number of fused-ring (bicyclic) bond motifs is 1. The van der Waals surface area contributed by atoms with Crippen LogP contribution in [0.15, 0.2) is 12.7 Å². The van der Waals surface area contributed by atoms with Crippen LogP contribution in [0.2, 0.25) is 0 Å². The van der Waals surface area contributed by atoms with Crippen molar-refractivity contribution in [1.82, 2.24) is 19.5 Å². The van der Waals surface area contributed by atoms with Gasteiger partial charge in [-0.1, -0.05) is 0 Å². The number of phosphoric ester groups is 1. The Bertz CT molecular complexity index is 763. The fourth-order valence-electron chi connectivity index (χ4n) is 2.32. The van der Waals surface area contributed by atoms with E-state index in [9.17, 15) is 24.6 Å². The smallest absolute Gasteiger partial charge is 0.167 e. The van der Waals surface area contributed by atoms with Gasteiger partial charge in [-0.15, -0.1) is 0 Å². The van der Waals surface area contributed by atoms with Crippen molar-refractivity contribution in [2.75, 3.05) is 12.3 Å². The molecule has 0 amide bonds. The summed E-state index contributed by atoms with van der Waals surface area (Å²) in [4.78, 5) is 32.8. The van der Waals surface area contributed by atoms with Gasteiger partial charge < -0.3 is 39.6 Å². The van der Waals surface area contributed by atoms with E-state index < -0.39 is 39.0 Å². The maximum absolute atomic E-state index is 10.5. The number of imidazole rings is 1. The molecule has 1 aliphatic rings. The van der Waals surface area contributed by atoms with E-state index in [1.165, 1.54) is 17.2 Å². The molecular weight excluding hydrogens is 333 g/mol. The molecule has 0 radical (unpaired) electrons. The fourth-order valence-corrected chi connectivity index (χ4v) is 2.65. The Balaban J connectivity index is 1.85. The van der Waals surface area contributed by atoms with E-state index in [0.29, 0.717) is 0 Å². The van der Waals surface area contributed by atoms with Crippen molar-refractivity contribution in [3.63, 3.8) is 0 Å². The predicted molar refractivity (Wildman–Crippen MR) is 69.2 cm³/mol. The standard InChI is InChI=1S/C10H14N5O7P/c11-8-5-9(13-2-12-8)15(3-14-5)10-7(17)6(16)4(22-10)1-21-23(18,19)20/h2-4,6-7,10,16-17H,1H2,(H2,11,12,13)(H2,18,19,20)/p-2/t4-,6+,7+,10+/m0/s1. The van der Waals surface area contributed by atoms with E-state index in [1.54, 1.807) is 0 Å². The third-order valence-corrected chi connectivity index (χ3v) is 3.86. The number of nitrogens with two attached hydrogens (primary N) is 1. The van der Waals surface area contributed by atoms with Crippen LogP contribution in [-0.4, -0.2) is 54.7 Å². The first-order valence-electron chi connectivity index (χ1n) is 6.39. The van der Waals surface area contributed by atoms with E-state index in [-0.39, 0.29) is 17.0 Å². The summed E-state index contributed by atoms with van der Waals surface area (Å²) < 4.78 is 21.3. The summed E-state index contributed by atoms with van der Waals surface area (Å²) in [7, 11) is -5.22. The van der Waals surface area contributed by atoms with Gasteiger partial charge in [-0.3, -0.25) is 4.57 Å². The topological polar surface area (TPSA) is 192 Å². The van der Waals surface area contributed by atoms with Crippen LogP contribution >= 0.6 is 7.82 Å². The molecule has 2 aromatic rings. The normalized spacial score (nSPS) is 28.5. The van der Waals surface area contributed by atoms with Gasteiger partial charge in [0.05, 0.1) is 20.8 Å². The molecule has 1 saturated heterocycles. The Labute approximate surface area is 128 Å². The zero-order chi connectivity index (χ0) is 16.8. The lowest BCUT2D eigenvalue weighted by molar-refractivity contribution is -0.343. The third-order valence-electron chi connectivity index (χ3n) is 3.40. The minimum Gasteiger partial charge on any atom is -0.790 e. The summed E-state index contributed by atoms with van der Waals surface area (Å²) >= 11 is 0. The number of aliphatic hydroxyl groups is 2. The highest BCUT2D eigenvalue weighted by molar-refractivity contribution is 7.43. The molecule has 4 atom stereocenters. The zero-order valence-corrected chi connectivity index (χ0v) is 12.3. The van der Waals surface area contributed by atoms with Crippen LogP contribution in [-0.2, 0) is 13.8 Å². The number of nitrogens with zero attached hydrogens (tertiary/aromatic N) is 4. The highest BCUT2D eigenvalue weighted by Crippen LogP contribution is 2.34. The number of aromatic nitrogens is 4. The molecule has 3 rings (SSSR count). The number of nitrogen functional groups attached to an aromatic ring is 1. The van der Waals surface area contributed by atoms with Crippen molar-refractivity contribution in [3.05, 3.63) is 12.7 Å². The lowest BCUT2D eigenvalue weighted by Gasteiger charge is -2.30. The molecule has 0 aliphatic carbocycles. The van der Waals surface area contributed by atoms with Crippen LogP contribution < -0.4 is 15.5 Å². The van der Waals surface area contributed by atoms with Crippen LogP contribution in [0.1, 0.15) is 6.23 Å². The third kappa shape index (κ3) is 3.05. The molecule has 1 fully saturated rings. The van der Waals surface area contributed by atoms with E-state index in [0.717, 1.165) is 0 Å². The lowest BCUT2D eigenvalue weighted by atomic mass is 10.1. The highest BCUT2D eigenvalue weighted by atomic mass is 31.2. The van der Waals surface area contributed by atoms with E-state index in [4.69, 9.17) is 10.5 Å². The number of aliphatic hydroxyl groups excluding tert-OH is 2. The van der Waals surface area contributed by atoms with Crippen LogP contribution in [0, 0.1) is 0 Å². The van der Waals surface area contributed by atoms with Gasteiger partial charge in [0.25, 0.3) is 0 Å². The molecular formula is C10H12N5O7P-2. The van der Waals surface area contributed by atoms with Crippen LogP contribution in [0.4, 0.5) is 5.82 Å². The lowest BCUT2D eigenvalue weighted by Crippen LogP contribution is -2.34. The Morgan fingerprint density at radius 2 is 2.09 bits per heavy atom. The summed E-state index contributed by atoms with van der Waals surface area (Å²) in [6.45, 7) is -0.719. The molecule has 0 aromatic carbocycles. The molecule has 4 N–H and O–H groups in total. The predicted octanol–water partition coefficient (Wildman–Crippen LogP) is -3.13. The van der Waals surface area contributed by atoms with Crippen LogP contribution in [0.3, 0.4) is 0 Å². The second kappa shape index (κ2) is 5.76. The Morgan fingerprint density at radius 3 is 2.78 bits per heavy atom. The minimum absolute atomic E-state index is 0.125. The van der Waals surface area contributed by atoms with Gasteiger partial charge in [-0.05, 0) is 0 Å². The average Bonchev–Trinajstić information content (AvgIpc) is 3.01. The van der Waals surface area contributed by atoms with Crippen molar-refractivity contribution in [2.24, 2.45) is 0 Å². The first-order chi connectivity index (χ1) is 10.8. The van der Waals surface area contributed by atoms with Gasteiger partial charge >= 0.3 is 0 Å². The monoisotopic (exact) mass is 345 g/mol. The molecule has 0 spiro atoms. The maximum Gasteiger partial charge on any atom is 0.167 e. The maximum atomic E-state index is 10.5. The number of ether oxygens (including phenoxy) is 1. The number of anilines is 1. The average molecular weight is 345 g/mol. The number of rotatable bonds is 4. The van der Waals surface area contributed by atoms with Crippen molar-refractivity contribution in [3.8, 4) is 0 Å². The highest BCUT2D eigenvalue weighted by Gasteiger charge is 2.44. The summed E-state index contributed by atoms with van der Waals surface area (Å²) in [5.41, 5.74) is 6.19. The minimum atomic E-state index is -5.22. The molecule has 1 aliphatic heterocycles. The zero-order valence-electron chi connectivity index (χ0n) is 11.4. The Kier molecular flexibility index (Phi) is 4.06. The van der Waals surface area contributed by atoms with Crippen molar-refractivity contribution >= 4 is 24.8 Å². The summed E-state index contributed by atoms with van der Waals surface area (Å²) in [6, 6.07) is 0. The van der Waals surface area contributed by atoms with E-state index >= 15 is 0 Å². The molecule has 126 valence electrons. The molecule has 0 unspecified atom stereocenters. The Hall–Kier alpha value is -1.66. The molecule has 2 aromatic heterocycles. The van der Waals surface area contributed by atoms with E-state index in [2.05, 4.69) is 19.5 Å². The van der Waals surface area contributed by atoms with Crippen molar-refractivity contribution in [2.45, 2.75) is 24.5 Å². The van der Waals surface area contributed by atoms with Gasteiger partial charge in [-0.2, -0.15) is 0 Å². The second-order valence-corrected chi connectivity index (χ2v) is 6.02. The SMILES string of the molecule is Nc1ncnc2c1ncn2[C@@H]1O[C@@H](COP(=O)([O-])[O-])[C@@H](O)[C@H]1O. The second-order valence-electron chi connectivity index (χ2n) is 4.87. The van der Waals surface area contributed by atoms with Crippen molar-refractivity contribution in [1.29, 1.82) is 0 Å². The van der Waals surface area contributed by atoms with Gasteiger partial charge in [0.1, 0.15) is 30.2 Å². The van der Waals surface area contributed by atoms with Crippen LogP contribution in [0.25, 0.3) is 11.2 Å². The van der Waals surface area contributed by atoms with E-state index in [1.807, 2.05) is 0 Å². The Morgan fingerprint density at radius 1 is 1.35 bits per heavy atom. The van der Waals surface area contributed by atoms with Gasteiger partial charge in [0, 0.05) is 0 Å².